The maximum atomic E-state index is 12.1. The number of aryl methyl sites for hydroxylation is 2. The summed E-state index contributed by atoms with van der Waals surface area (Å²) in [5.41, 5.74) is 2.40. The average Bonchev–Trinajstić information content (AvgIpc) is 2.88. The maximum Gasteiger partial charge on any atom is 0.255 e. The molecule has 112 valence electrons. The second-order valence-corrected chi connectivity index (χ2v) is 5.42. The van der Waals surface area contributed by atoms with Crippen molar-refractivity contribution in [2.75, 3.05) is 0 Å². The van der Waals surface area contributed by atoms with Crippen molar-refractivity contribution < 1.29 is 4.79 Å². The monoisotopic (exact) mass is 315 g/mol. The molecule has 7 heteroatoms. The number of halogens is 1. The third-order valence-electron chi connectivity index (χ3n) is 3.27. The van der Waals surface area contributed by atoms with Crippen LogP contribution in [-0.4, -0.2) is 25.5 Å². The predicted octanol–water partition coefficient (Wildman–Crippen LogP) is 2.32. The number of rotatable bonds is 3. The highest BCUT2D eigenvalue weighted by atomic mass is 35.5. The summed E-state index contributed by atoms with van der Waals surface area (Å²) in [6.45, 7) is 4.13. The number of nitrogens with zero attached hydrogens (tertiary/aromatic N) is 4. The molecule has 6 nitrogen and oxygen atoms in total. The van der Waals surface area contributed by atoms with Crippen LogP contribution in [0.5, 0.6) is 0 Å². The highest BCUT2D eigenvalue weighted by Crippen LogP contribution is 2.10. The molecule has 0 aliphatic heterocycles. The smallest absolute Gasteiger partial charge is 0.255 e. The van der Waals surface area contributed by atoms with Crippen molar-refractivity contribution in [2.24, 2.45) is 0 Å². The largest absolute Gasteiger partial charge is 0.345 e. The molecule has 0 unspecified atom stereocenters. The second kappa shape index (κ2) is 5.73. The van der Waals surface area contributed by atoms with Gasteiger partial charge in [-0.15, -0.1) is 10.2 Å². The van der Waals surface area contributed by atoms with E-state index in [9.17, 15) is 4.79 Å². The van der Waals surface area contributed by atoms with Crippen LogP contribution in [0.25, 0.3) is 5.78 Å². The van der Waals surface area contributed by atoms with E-state index in [0.717, 1.165) is 11.4 Å². The van der Waals surface area contributed by atoms with Crippen LogP contribution >= 0.6 is 11.6 Å². The van der Waals surface area contributed by atoms with Gasteiger partial charge >= 0.3 is 0 Å². The minimum atomic E-state index is -0.189. The Bertz CT molecular complexity index is 841. The number of benzene rings is 1. The van der Waals surface area contributed by atoms with Gasteiger partial charge in [-0.1, -0.05) is 11.6 Å². The van der Waals surface area contributed by atoms with Crippen LogP contribution in [0.2, 0.25) is 5.02 Å². The molecule has 0 saturated heterocycles. The number of hydrogen-bond donors (Lipinski definition) is 1. The molecule has 1 N–H and O–H groups in total. The predicted molar refractivity (Wildman–Crippen MR) is 82.9 cm³/mol. The summed E-state index contributed by atoms with van der Waals surface area (Å²) in [4.78, 5) is 16.4. The fraction of sp³-hybridized carbons (Fsp3) is 0.200. The number of aromatic nitrogens is 4. The molecule has 1 amide bonds. The molecule has 0 spiro atoms. The lowest BCUT2D eigenvalue weighted by atomic mass is 10.2. The van der Waals surface area contributed by atoms with E-state index in [1.807, 2.05) is 24.3 Å². The van der Waals surface area contributed by atoms with E-state index in [1.54, 1.807) is 24.3 Å². The van der Waals surface area contributed by atoms with E-state index < -0.39 is 0 Å². The highest BCUT2D eigenvalue weighted by Gasteiger charge is 2.11. The van der Waals surface area contributed by atoms with Crippen molar-refractivity contribution in [3.63, 3.8) is 0 Å². The number of fused-ring (bicyclic) bond motifs is 1. The van der Waals surface area contributed by atoms with E-state index >= 15 is 0 Å². The SMILES string of the molecule is Cc1cc(C)n2c(CNC(=O)c3ccc(Cl)cc3)nnc2n1. The van der Waals surface area contributed by atoms with Crippen LogP contribution < -0.4 is 5.32 Å². The minimum Gasteiger partial charge on any atom is -0.345 e. The van der Waals surface area contributed by atoms with E-state index in [1.165, 1.54) is 0 Å². The van der Waals surface area contributed by atoms with Gasteiger partial charge in [-0.2, -0.15) is 0 Å². The summed E-state index contributed by atoms with van der Waals surface area (Å²) in [5.74, 6) is 0.988. The Hall–Kier alpha value is -2.47. The Labute approximate surface area is 132 Å². The summed E-state index contributed by atoms with van der Waals surface area (Å²) in [7, 11) is 0. The van der Waals surface area contributed by atoms with E-state index in [2.05, 4.69) is 20.5 Å². The lowest BCUT2D eigenvalue weighted by Crippen LogP contribution is -2.24. The molecule has 3 rings (SSSR count). The van der Waals surface area contributed by atoms with Crippen molar-refractivity contribution in [2.45, 2.75) is 20.4 Å². The van der Waals surface area contributed by atoms with Crippen LogP contribution in [0.3, 0.4) is 0 Å². The first kappa shape index (κ1) is 14.5. The van der Waals surface area contributed by atoms with E-state index in [0.29, 0.717) is 22.2 Å². The van der Waals surface area contributed by atoms with Crippen LogP contribution in [0, 0.1) is 13.8 Å². The Kier molecular flexibility index (Phi) is 3.77. The molecule has 0 aliphatic carbocycles. The molecule has 0 aliphatic rings. The highest BCUT2D eigenvalue weighted by molar-refractivity contribution is 6.30. The maximum absolute atomic E-state index is 12.1. The van der Waals surface area contributed by atoms with Crippen molar-refractivity contribution >= 4 is 23.3 Å². The molecule has 2 heterocycles. The molecule has 0 bridgehead atoms. The van der Waals surface area contributed by atoms with Gasteiger partial charge in [-0.3, -0.25) is 9.20 Å². The van der Waals surface area contributed by atoms with Crippen LogP contribution in [0.1, 0.15) is 27.6 Å². The van der Waals surface area contributed by atoms with Crippen LogP contribution in [0.4, 0.5) is 0 Å². The van der Waals surface area contributed by atoms with Gasteiger partial charge in [0, 0.05) is 22.0 Å². The number of amides is 1. The standard InChI is InChI=1S/C15H14ClN5O/c1-9-7-10(2)21-13(19-20-15(21)18-9)8-17-14(22)11-3-5-12(16)6-4-11/h3-7H,8H2,1-2H3,(H,17,22). The first-order valence-electron chi connectivity index (χ1n) is 6.76. The van der Waals surface area contributed by atoms with Gasteiger partial charge in [-0.05, 0) is 44.2 Å². The summed E-state index contributed by atoms with van der Waals surface area (Å²) < 4.78 is 1.83. The van der Waals surface area contributed by atoms with Crippen LogP contribution in [-0.2, 0) is 6.54 Å². The van der Waals surface area contributed by atoms with Crippen molar-refractivity contribution in [3.05, 3.63) is 58.1 Å². The molecular formula is C15H14ClN5O. The summed E-state index contributed by atoms with van der Waals surface area (Å²) in [5, 5.41) is 11.5. The zero-order valence-electron chi connectivity index (χ0n) is 12.2. The molecule has 2 aromatic heterocycles. The zero-order chi connectivity index (χ0) is 15.7. The van der Waals surface area contributed by atoms with Gasteiger partial charge < -0.3 is 5.32 Å². The Morgan fingerprint density at radius 2 is 1.95 bits per heavy atom. The Balaban J connectivity index is 1.79. The number of hydrogen-bond acceptors (Lipinski definition) is 4. The second-order valence-electron chi connectivity index (χ2n) is 4.98. The van der Waals surface area contributed by atoms with Crippen molar-refractivity contribution in [3.8, 4) is 0 Å². The third-order valence-corrected chi connectivity index (χ3v) is 3.53. The fourth-order valence-corrected chi connectivity index (χ4v) is 2.40. The molecule has 0 atom stereocenters. The molecule has 0 radical (unpaired) electrons. The van der Waals surface area contributed by atoms with Crippen molar-refractivity contribution in [1.82, 2.24) is 24.9 Å². The molecule has 3 aromatic rings. The fourth-order valence-electron chi connectivity index (χ4n) is 2.27. The topological polar surface area (TPSA) is 72.2 Å². The number of carbonyl (C=O) groups excluding carboxylic acids is 1. The van der Waals surface area contributed by atoms with Gasteiger partial charge in [0.2, 0.25) is 0 Å². The quantitative estimate of drug-likeness (QED) is 0.805. The van der Waals surface area contributed by atoms with Gasteiger partial charge in [0.05, 0.1) is 6.54 Å². The van der Waals surface area contributed by atoms with E-state index in [4.69, 9.17) is 11.6 Å². The normalized spacial score (nSPS) is 10.9. The molecular weight excluding hydrogens is 302 g/mol. The Morgan fingerprint density at radius 1 is 1.23 bits per heavy atom. The first-order valence-corrected chi connectivity index (χ1v) is 7.14. The van der Waals surface area contributed by atoms with Gasteiger partial charge in [0.25, 0.3) is 11.7 Å². The summed E-state index contributed by atoms with van der Waals surface area (Å²) in [6.07, 6.45) is 0. The Morgan fingerprint density at radius 3 is 2.68 bits per heavy atom. The number of carbonyl (C=O) groups is 1. The summed E-state index contributed by atoms with van der Waals surface area (Å²) >= 11 is 5.81. The molecule has 22 heavy (non-hydrogen) atoms. The van der Waals surface area contributed by atoms with Gasteiger partial charge in [0.1, 0.15) is 0 Å². The first-order chi connectivity index (χ1) is 10.5. The third kappa shape index (κ3) is 2.78. The summed E-state index contributed by atoms with van der Waals surface area (Å²) in [6, 6.07) is 8.66. The average molecular weight is 316 g/mol. The lowest BCUT2D eigenvalue weighted by Gasteiger charge is -2.06. The zero-order valence-corrected chi connectivity index (χ0v) is 12.9. The van der Waals surface area contributed by atoms with E-state index in [-0.39, 0.29) is 12.5 Å². The van der Waals surface area contributed by atoms with Gasteiger partial charge in [0.15, 0.2) is 5.82 Å². The van der Waals surface area contributed by atoms with Crippen molar-refractivity contribution in [1.29, 1.82) is 0 Å². The molecule has 0 saturated carbocycles. The minimum absolute atomic E-state index is 0.189. The molecule has 0 fully saturated rings. The van der Waals surface area contributed by atoms with Crippen LogP contribution in [0.15, 0.2) is 30.3 Å². The van der Waals surface area contributed by atoms with Gasteiger partial charge in [-0.25, -0.2) is 4.98 Å². The number of nitrogens with one attached hydrogen (secondary N) is 1. The molecule has 1 aromatic carbocycles. The lowest BCUT2D eigenvalue weighted by molar-refractivity contribution is 0.0949.